The number of para-hydroxylation sites is 2. The molecule has 4 heteroatoms. The van der Waals surface area contributed by atoms with Crippen LogP contribution in [0.15, 0.2) is 33.5 Å². The summed E-state index contributed by atoms with van der Waals surface area (Å²) < 4.78 is 7.04. The van der Waals surface area contributed by atoms with Gasteiger partial charge in [0.2, 0.25) is 0 Å². The van der Waals surface area contributed by atoms with E-state index in [4.69, 9.17) is 4.42 Å². The Morgan fingerprint density at radius 3 is 2.68 bits per heavy atom. The molecule has 0 N–H and O–H groups in total. The lowest BCUT2D eigenvalue weighted by Gasteiger charge is -2.26. The molecule has 1 fully saturated rings. The summed E-state index contributed by atoms with van der Waals surface area (Å²) in [6, 6.07) is 8.38. The van der Waals surface area contributed by atoms with Crippen molar-refractivity contribution in [2.75, 3.05) is 13.6 Å². The predicted molar refractivity (Wildman–Crippen MR) is 89.2 cm³/mol. The third-order valence-electron chi connectivity index (χ3n) is 4.91. The van der Waals surface area contributed by atoms with Gasteiger partial charge >= 0.3 is 5.76 Å². The molecule has 1 aliphatic carbocycles. The van der Waals surface area contributed by atoms with Gasteiger partial charge in [-0.15, -0.1) is 0 Å². The number of hydrogen-bond donors (Lipinski definition) is 0. The van der Waals surface area contributed by atoms with E-state index < -0.39 is 0 Å². The van der Waals surface area contributed by atoms with Crippen LogP contribution in [-0.2, 0) is 6.54 Å². The molecule has 4 nitrogen and oxygen atoms in total. The van der Waals surface area contributed by atoms with E-state index in [0.717, 1.165) is 31.1 Å². The number of nitrogens with zero attached hydrogens (tertiary/aromatic N) is 2. The van der Waals surface area contributed by atoms with Gasteiger partial charge in [-0.2, -0.15) is 0 Å². The van der Waals surface area contributed by atoms with Crippen LogP contribution >= 0.6 is 0 Å². The molecule has 0 saturated heterocycles. The van der Waals surface area contributed by atoms with E-state index in [1.165, 1.54) is 38.5 Å². The van der Waals surface area contributed by atoms with Crippen molar-refractivity contribution in [2.45, 2.75) is 57.5 Å². The second-order valence-corrected chi connectivity index (χ2v) is 6.47. The first-order valence-electron chi connectivity index (χ1n) is 8.54. The molecular weight excluding hydrogens is 276 g/mol. The summed E-state index contributed by atoms with van der Waals surface area (Å²) in [5.74, 6) is -0.238. The van der Waals surface area contributed by atoms with E-state index in [-0.39, 0.29) is 5.76 Å². The summed E-state index contributed by atoms with van der Waals surface area (Å²) in [4.78, 5) is 14.4. The number of aryl methyl sites for hydroxylation is 1. The van der Waals surface area contributed by atoms with Gasteiger partial charge in [0.15, 0.2) is 5.58 Å². The summed E-state index contributed by atoms with van der Waals surface area (Å²) in [5, 5.41) is 0. The highest BCUT2D eigenvalue weighted by atomic mass is 16.4. The SMILES string of the molecule is CN(CCCn1c(=O)oc2ccccc21)C1CCCCCC1. The van der Waals surface area contributed by atoms with Crippen LogP contribution in [0.5, 0.6) is 0 Å². The number of fused-ring (bicyclic) bond motifs is 1. The molecule has 0 amide bonds. The van der Waals surface area contributed by atoms with Gasteiger partial charge in [-0.3, -0.25) is 4.57 Å². The Morgan fingerprint density at radius 2 is 1.91 bits per heavy atom. The molecule has 0 radical (unpaired) electrons. The fraction of sp³-hybridized carbons (Fsp3) is 0.611. The Hall–Kier alpha value is -1.55. The highest BCUT2D eigenvalue weighted by molar-refractivity contribution is 5.72. The van der Waals surface area contributed by atoms with Gasteiger partial charge in [-0.1, -0.05) is 37.8 Å². The molecule has 1 aromatic heterocycles. The summed E-state index contributed by atoms with van der Waals surface area (Å²) in [5.41, 5.74) is 1.59. The van der Waals surface area contributed by atoms with Gasteiger partial charge < -0.3 is 9.32 Å². The van der Waals surface area contributed by atoms with Crippen LogP contribution in [0.2, 0.25) is 0 Å². The number of aromatic nitrogens is 1. The Balaban J connectivity index is 1.57. The molecule has 22 heavy (non-hydrogen) atoms. The van der Waals surface area contributed by atoms with E-state index in [2.05, 4.69) is 11.9 Å². The molecule has 0 aliphatic heterocycles. The first kappa shape index (κ1) is 15.3. The molecule has 0 bridgehead atoms. The van der Waals surface area contributed by atoms with Gasteiger partial charge in [0.05, 0.1) is 5.52 Å². The minimum absolute atomic E-state index is 0.238. The lowest BCUT2D eigenvalue weighted by molar-refractivity contribution is 0.215. The van der Waals surface area contributed by atoms with Gasteiger partial charge in [0, 0.05) is 12.6 Å². The Kier molecular flexibility index (Phi) is 4.98. The van der Waals surface area contributed by atoms with Crippen LogP contribution in [0.1, 0.15) is 44.9 Å². The van der Waals surface area contributed by atoms with E-state index in [1.807, 2.05) is 24.3 Å². The highest BCUT2D eigenvalue weighted by Crippen LogP contribution is 2.21. The van der Waals surface area contributed by atoms with E-state index in [0.29, 0.717) is 5.58 Å². The number of rotatable bonds is 5. The zero-order valence-electron chi connectivity index (χ0n) is 13.5. The fourth-order valence-electron chi connectivity index (χ4n) is 3.59. The molecule has 1 heterocycles. The fourth-order valence-corrected chi connectivity index (χ4v) is 3.59. The predicted octanol–water partition coefficient (Wildman–Crippen LogP) is 3.64. The zero-order valence-corrected chi connectivity index (χ0v) is 13.5. The third-order valence-corrected chi connectivity index (χ3v) is 4.91. The lowest BCUT2D eigenvalue weighted by atomic mass is 10.1. The van der Waals surface area contributed by atoms with Gasteiger partial charge in [-0.05, 0) is 45.0 Å². The molecule has 2 aromatic rings. The second-order valence-electron chi connectivity index (χ2n) is 6.47. The van der Waals surface area contributed by atoms with Crippen LogP contribution in [0.4, 0.5) is 0 Å². The van der Waals surface area contributed by atoms with Crippen LogP contribution in [0.3, 0.4) is 0 Å². The summed E-state index contributed by atoms with van der Waals surface area (Å²) >= 11 is 0. The number of benzene rings is 1. The Labute approximate surface area is 131 Å². The summed E-state index contributed by atoms with van der Waals surface area (Å²) in [6.07, 6.45) is 9.13. The first-order valence-corrected chi connectivity index (χ1v) is 8.54. The van der Waals surface area contributed by atoms with Crippen molar-refractivity contribution in [2.24, 2.45) is 0 Å². The molecule has 1 aliphatic rings. The van der Waals surface area contributed by atoms with Crippen LogP contribution in [0.25, 0.3) is 11.1 Å². The molecule has 0 spiro atoms. The van der Waals surface area contributed by atoms with Crippen molar-refractivity contribution in [3.8, 4) is 0 Å². The minimum Gasteiger partial charge on any atom is -0.408 e. The van der Waals surface area contributed by atoms with Crippen LogP contribution in [0, 0.1) is 0 Å². The van der Waals surface area contributed by atoms with Gasteiger partial charge in [0.1, 0.15) is 0 Å². The lowest BCUT2D eigenvalue weighted by Crippen LogP contribution is -2.32. The van der Waals surface area contributed by atoms with E-state index in [9.17, 15) is 4.79 Å². The molecule has 3 rings (SSSR count). The summed E-state index contributed by atoms with van der Waals surface area (Å²) in [6.45, 7) is 1.77. The maximum atomic E-state index is 11.9. The molecule has 1 saturated carbocycles. The van der Waals surface area contributed by atoms with Crippen molar-refractivity contribution >= 4 is 11.1 Å². The smallest absolute Gasteiger partial charge is 0.408 e. The van der Waals surface area contributed by atoms with Crippen LogP contribution in [-0.4, -0.2) is 29.1 Å². The number of hydrogen-bond acceptors (Lipinski definition) is 3. The maximum Gasteiger partial charge on any atom is 0.419 e. The third kappa shape index (κ3) is 3.43. The minimum atomic E-state index is -0.238. The molecule has 1 aromatic carbocycles. The van der Waals surface area contributed by atoms with E-state index in [1.54, 1.807) is 4.57 Å². The normalized spacial score (nSPS) is 17.2. The van der Waals surface area contributed by atoms with Gasteiger partial charge in [0.25, 0.3) is 0 Å². The summed E-state index contributed by atoms with van der Waals surface area (Å²) in [7, 11) is 2.23. The molecular formula is C18H26N2O2. The number of oxazole rings is 1. The monoisotopic (exact) mass is 302 g/mol. The van der Waals surface area contributed by atoms with Crippen molar-refractivity contribution in [1.82, 2.24) is 9.47 Å². The Bertz CT molecular complexity index is 650. The second kappa shape index (κ2) is 7.14. The first-order chi connectivity index (χ1) is 10.8. The molecule has 120 valence electrons. The zero-order chi connectivity index (χ0) is 15.4. The topological polar surface area (TPSA) is 38.4 Å². The molecule has 0 atom stereocenters. The maximum absolute atomic E-state index is 11.9. The Morgan fingerprint density at radius 1 is 1.18 bits per heavy atom. The quantitative estimate of drug-likeness (QED) is 0.792. The highest BCUT2D eigenvalue weighted by Gasteiger charge is 2.16. The van der Waals surface area contributed by atoms with Gasteiger partial charge in [-0.25, -0.2) is 4.79 Å². The van der Waals surface area contributed by atoms with Crippen LogP contribution < -0.4 is 5.76 Å². The van der Waals surface area contributed by atoms with Crippen molar-refractivity contribution in [3.63, 3.8) is 0 Å². The standard InChI is InChI=1S/C18H26N2O2/c1-19(15-9-4-2-3-5-10-15)13-8-14-20-16-11-6-7-12-17(16)22-18(20)21/h6-7,11-12,15H,2-5,8-10,13-14H2,1H3. The van der Waals surface area contributed by atoms with Crippen molar-refractivity contribution < 1.29 is 4.42 Å². The average molecular weight is 302 g/mol. The molecule has 0 unspecified atom stereocenters. The van der Waals surface area contributed by atoms with E-state index >= 15 is 0 Å². The van der Waals surface area contributed by atoms with Crippen molar-refractivity contribution in [3.05, 3.63) is 34.8 Å². The average Bonchev–Trinajstić information content (AvgIpc) is 2.71. The largest absolute Gasteiger partial charge is 0.419 e. The van der Waals surface area contributed by atoms with Crippen molar-refractivity contribution in [1.29, 1.82) is 0 Å².